The zero-order chi connectivity index (χ0) is 14.3. The SMILES string of the molecule is CCC(C)CC(CC)NCc1ccc(N(C)C)cc1. The third kappa shape index (κ3) is 5.65. The van der Waals surface area contributed by atoms with Gasteiger partial charge in [0.1, 0.15) is 0 Å². The molecular formula is C17H30N2. The summed E-state index contributed by atoms with van der Waals surface area (Å²) in [5, 5.41) is 3.69. The summed E-state index contributed by atoms with van der Waals surface area (Å²) in [5.74, 6) is 0.813. The van der Waals surface area contributed by atoms with E-state index in [-0.39, 0.29) is 0 Å². The lowest BCUT2D eigenvalue weighted by atomic mass is 9.97. The smallest absolute Gasteiger partial charge is 0.0361 e. The maximum absolute atomic E-state index is 3.69. The minimum atomic E-state index is 0.642. The van der Waals surface area contributed by atoms with Gasteiger partial charge in [0.25, 0.3) is 0 Å². The lowest BCUT2D eigenvalue weighted by Crippen LogP contribution is -2.29. The number of nitrogens with one attached hydrogen (secondary N) is 1. The molecule has 0 radical (unpaired) electrons. The molecule has 0 saturated heterocycles. The van der Waals surface area contributed by atoms with Crippen LogP contribution in [0.25, 0.3) is 0 Å². The van der Waals surface area contributed by atoms with Gasteiger partial charge in [0, 0.05) is 32.4 Å². The van der Waals surface area contributed by atoms with Crippen molar-refractivity contribution in [1.29, 1.82) is 0 Å². The van der Waals surface area contributed by atoms with Crippen molar-refractivity contribution in [3.63, 3.8) is 0 Å². The Hall–Kier alpha value is -1.02. The fourth-order valence-corrected chi connectivity index (χ4v) is 2.22. The van der Waals surface area contributed by atoms with Crippen LogP contribution in [0.2, 0.25) is 0 Å². The van der Waals surface area contributed by atoms with E-state index >= 15 is 0 Å². The fraction of sp³-hybridized carbons (Fsp3) is 0.647. The number of benzene rings is 1. The van der Waals surface area contributed by atoms with E-state index < -0.39 is 0 Å². The number of hydrogen-bond acceptors (Lipinski definition) is 2. The molecule has 108 valence electrons. The molecule has 2 unspecified atom stereocenters. The molecular weight excluding hydrogens is 232 g/mol. The summed E-state index contributed by atoms with van der Waals surface area (Å²) < 4.78 is 0. The van der Waals surface area contributed by atoms with E-state index in [1.54, 1.807) is 0 Å². The Morgan fingerprint density at radius 1 is 1.05 bits per heavy atom. The molecule has 1 rings (SSSR count). The van der Waals surface area contributed by atoms with Crippen molar-refractivity contribution < 1.29 is 0 Å². The molecule has 2 nitrogen and oxygen atoms in total. The van der Waals surface area contributed by atoms with E-state index in [0.717, 1.165) is 12.5 Å². The normalized spacial score (nSPS) is 14.2. The standard InChI is InChI=1S/C17H30N2/c1-6-14(3)12-16(7-2)18-13-15-8-10-17(11-9-15)19(4)5/h8-11,14,16,18H,6-7,12-13H2,1-5H3. The number of nitrogens with zero attached hydrogens (tertiary/aromatic N) is 1. The van der Waals surface area contributed by atoms with Crippen LogP contribution in [0.15, 0.2) is 24.3 Å². The third-order valence-electron chi connectivity index (χ3n) is 3.92. The predicted octanol–water partition coefficient (Wildman–Crippen LogP) is 4.06. The van der Waals surface area contributed by atoms with E-state index in [1.807, 2.05) is 0 Å². The van der Waals surface area contributed by atoms with Crippen molar-refractivity contribution in [2.24, 2.45) is 5.92 Å². The number of anilines is 1. The first kappa shape index (κ1) is 16.0. The molecule has 0 aromatic heterocycles. The van der Waals surface area contributed by atoms with Crippen LogP contribution in [0, 0.1) is 5.92 Å². The molecule has 1 N–H and O–H groups in total. The second-order valence-corrected chi connectivity index (χ2v) is 5.80. The van der Waals surface area contributed by atoms with Gasteiger partial charge in [0.05, 0.1) is 0 Å². The predicted molar refractivity (Wildman–Crippen MR) is 85.8 cm³/mol. The van der Waals surface area contributed by atoms with E-state index in [1.165, 1.54) is 30.5 Å². The van der Waals surface area contributed by atoms with Crippen molar-refractivity contribution in [3.8, 4) is 0 Å². The first-order valence-electron chi connectivity index (χ1n) is 7.56. The Balaban J connectivity index is 2.45. The van der Waals surface area contributed by atoms with Gasteiger partial charge in [0.15, 0.2) is 0 Å². The first-order chi connectivity index (χ1) is 9.06. The van der Waals surface area contributed by atoms with Crippen LogP contribution in [0.3, 0.4) is 0 Å². The Morgan fingerprint density at radius 2 is 1.68 bits per heavy atom. The van der Waals surface area contributed by atoms with Gasteiger partial charge in [-0.05, 0) is 36.5 Å². The molecule has 19 heavy (non-hydrogen) atoms. The van der Waals surface area contributed by atoms with Crippen LogP contribution in [-0.4, -0.2) is 20.1 Å². The second kappa shape index (κ2) is 8.21. The topological polar surface area (TPSA) is 15.3 Å². The summed E-state index contributed by atoms with van der Waals surface area (Å²) in [5.41, 5.74) is 2.63. The molecule has 0 fully saturated rings. The van der Waals surface area contributed by atoms with Crippen molar-refractivity contribution >= 4 is 5.69 Å². The number of hydrogen-bond donors (Lipinski definition) is 1. The average Bonchev–Trinajstić information content (AvgIpc) is 2.43. The molecule has 1 aromatic carbocycles. The van der Waals surface area contributed by atoms with Crippen LogP contribution < -0.4 is 10.2 Å². The summed E-state index contributed by atoms with van der Waals surface area (Å²) >= 11 is 0. The molecule has 2 heteroatoms. The van der Waals surface area contributed by atoms with Crippen LogP contribution in [-0.2, 0) is 6.54 Å². The van der Waals surface area contributed by atoms with E-state index in [9.17, 15) is 0 Å². The van der Waals surface area contributed by atoms with E-state index in [4.69, 9.17) is 0 Å². The summed E-state index contributed by atoms with van der Waals surface area (Å²) in [6, 6.07) is 9.46. The Morgan fingerprint density at radius 3 is 2.16 bits per heavy atom. The van der Waals surface area contributed by atoms with Crippen molar-refractivity contribution in [2.75, 3.05) is 19.0 Å². The largest absolute Gasteiger partial charge is 0.378 e. The lowest BCUT2D eigenvalue weighted by Gasteiger charge is -2.20. The average molecular weight is 262 g/mol. The molecule has 0 bridgehead atoms. The minimum Gasteiger partial charge on any atom is -0.378 e. The first-order valence-corrected chi connectivity index (χ1v) is 7.56. The molecule has 0 aliphatic carbocycles. The lowest BCUT2D eigenvalue weighted by molar-refractivity contribution is 0.384. The summed E-state index contributed by atoms with van der Waals surface area (Å²) in [7, 11) is 4.15. The van der Waals surface area contributed by atoms with Gasteiger partial charge in [0.2, 0.25) is 0 Å². The summed E-state index contributed by atoms with van der Waals surface area (Å²) in [6.45, 7) is 7.87. The maximum atomic E-state index is 3.69. The van der Waals surface area contributed by atoms with Gasteiger partial charge in [-0.15, -0.1) is 0 Å². The van der Waals surface area contributed by atoms with Gasteiger partial charge in [-0.1, -0.05) is 39.3 Å². The second-order valence-electron chi connectivity index (χ2n) is 5.80. The summed E-state index contributed by atoms with van der Waals surface area (Å²) in [4.78, 5) is 2.13. The van der Waals surface area contributed by atoms with Gasteiger partial charge in [-0.25, -0.2) is 0 Å². The van der Waals surface area contributed by atoms with Crippen LogP contribution in [0.1, 0.15) is 45.6 Å². The van der Waals surface area contributed by atoms with Crippen molar-refractivity contribution in [1.82, 2.24) is 5.32 Å². The Labute approximate surface area is 119 Å². The zero-order valence-corrected chi connectivity index (χ0v) is 13.2. The van der Waals surface area contributed by atoms with Crippen LogP contribution >= 0.6 is 0 Å². The van der Waals surface area contributed by atoms with Gasteiger partial charge in [-0.3, -0.25) is 0 Å². The Bertz CT molecular complexity index is 343. The molecule has 0 aliphatic rings. The molecule has 0 saturated carbocycles. The maximum Gasteiger partial charge on any atom is 0.0361 e. The van der Waals surface area contributed by atoms with E-state index in [2.05, 4.69) is 69.3 Å². The van der Waals surface area contributed by atoms with Crippen molar-refractivity contribution in [3.05, 3.63) is 29.8 Å². The van der Waals surface area contributed by atoms with Gasteiger partial charge < -0.3 is 10.2 Å². The van der Waals surface area contributed by atoms with E-state index in [0.29, 0.717) is 6.04 Å². The zero-order valence-electron chi connectivity index (χ0n) is 13.2. The number of rotatable bonds is 8. The molecule has 0 aliphatic heterocycles. The highest BCUT2D eigenvalue weighted by molar-refractivity contribution is 5.45. The molecule has 1 aromatic rings. The van der Waals surface area contributed by atoms with Gasteiger partial charge >= 0.3 is 0 Å². The molecule has 0 spiro atoms. The van der Waals surface area contributed by atoms with Gasteiger partial charge in [-0.2, -0.15) is 0 Å². The van der Waals surface area contributed by atoms with Crippen LogP contribution in [0.4, 0.5) is 5.69 Å². The Kier molecular flexibility index (Phi) is 6.93. The molecule has 0 amide bonds. The molecule has 0 heterocycles. The summed E-state index contributed by atoms with van der Waals surface area (Å²) in [6.07, 6.45) is 3.76. The minimum absolute atomic E-state index is 0.642. The van der Waals surface area contributed by atoms with Crippen LogP contribution in [0.5, 0.6) is 0 Å². The fourth-order valence-electron chi connectivity index (χ4n) is 2.22. The quantitative estimate of drug-likeness (QED) is 0.760. The highest BCUT2D eigenvalue weighted by Gasteiger charge is 2.09. The third-order valence-corrected chi connectivity index (χ3v) is 3.92. The highest BCUT2D eigenvalue weighted by atomic mass is 15.1. The van der Waals surface area contributed by atoms with Crippen molar-refractivity contribution in [2.45, 2.75) is 52.6 Å². The highest BCUT2D eigenvalue weighted by Crippen LogP contribution is 2.14. The molecule has 2 atom stereocenters. The monoisotopic (exact) mass is 262 g/mol.